The van der Waals surface area contributed by atoms with Crippen LogP contribution in [0.4, 0.5) is 5.95 Å². The number of hydrogen-bond donors (Lipinski definition) is 2. The zero-order valence-electron chi connectivity index (χ0n) is 8.61. The van der Waals surface area contributed by atoms with Gasteiger partial charge in [0.15, 0.2) is 0 Å². The monoisotopic (exact) mass is 197 g/mol. The molecule has 0 bridgehead atoms. The van der Waals surface area contributed by atoms with Crippen molar-refractivity contribution in [3.8, 4) is 0 Å². The molecule has 1 aromatic heterocycles. The first kappa shape index (κ1) is 10.6. The van der Waals surface area contributed by atoms with Crippen LogP contribution in [0.1, 0.15) is 19.5 Å². The van der Waals surface area contributed by atoms with E-state index in [1.165, 1.54) is 4.57 Å². The summed E-state index contributed by atoms with van der Waals surface area (Å²) in [6, 6.07) is 0. The summed E-state index contributed by atoms with van der Waals surface area (Å²) in [7, 11) is 1.56. The molecule has 6 heteroatoms. The fourth-order valence-corrected chi connectivity index (χ4v) is 0.995. The molecule has 0 spiro atoms. The van der Waals surface area contributed by atoms with Gasteiger partial charge in [0.1, 0.15) is 5.69 Å². The fourth-order valence-electron chi connectivity index (χ4n) is 0.995. The Morgan fingerprint density at radius 3 is 2.50 bits per heavy atom. The molecule has 0 radical (unpaired) electrons. The Morgan fingerprint density at radius 2 is 2.00 bits per heavy atom. The number of rotatable bonds is 2. The van der Waals surface area contributed by atoms with Crippen molar-refractivity contribution in [2.45, 2.75) is 19.3 Å². The third-order valence-corrected chi connectivity index (χ3v) is 2.25. The molecule has 1 rings (SSSR count). The van der Waals surface area contributed by atoms with Crippen LogP contribution >= 0.6 is 0 Å². The first-order valence-corrected chi connectivity index (χ1v) is 4.30. The molecule has 6 nitrogen and oxygen atoms in total. The highest BCUT2D eigenvalue weighted by Gasteiger charge is 2.25. The van der Waals surface area contributed by atoms with Crippen LogP contribution < -0.4 is 17.0 Å². The number of nitrogens with zero attached hydrogens (tertiary/aromatic N) is 3. The van der Waals surface area contributed by atoms with E-state index in [9.17, 15) is 4.79 Å². The molecule has 0 aromatic carbocycles. The van der Waals surface area contributed by atoms with Crippen molar-refractivity contribution in [1.82, 2.24) is 14.8 Å². The summed E-state index contributed by atoms with van der Waals surface area (Å²) in [6.45, 7) is 4.02. The SMILES string of the molecule is Cn1c(N)nnc(C(C)(C)CN)c1=O. The van der Waals surface area contributed by atoms with Gasteiger partial charge in [-0.05, 0) is 0 Å². The number of aromatic nitrogens is 3. The molecule has 0 aliphatic rings. The van der Waals surface area contributed by atoms with Crippen LogP contribution in [0.25, 0.3) is 0 Å². The van der Waals surface area contributed by atoms with E-state index >= 15 is 0 Å². The molecule has 0 saturated carbocycles. The summed E-state index contributed by atoms with van der Waals surface area (Å²) < 4.78 is 1.26. The van der Waals surface area contributed by atoms with Gasteiger partial charge >= 0.3 is 0 Å². The largest absolute Gasteiger partial charge is 0.368 e. The van der Waals surface area contributed by atoms with E-state index in [0.717, 1.165) is 0 Å². The highest BCUT2D eigenvalue weighted by molar-refractivity contribution is 5.19. The molecule has 78 valence electrons. The third-order valence-electron chi connectivity index (χ3n) is 2.25. The molecule has 0 atom stereocenters. The Kier molecular flexibility index (Phi) is 2.57. The Hall–Kier alpha value is -1.43. The topological polar surface area (TPSA) is 99.8 Å². The fraction of sp³-hybridized carbons (Fsp3) is 0.625. The van der Waals surface area contributed by atoms with Crippen molar-refractivity contribution < 1.29 is 0 Å². The molecule has 0 saturated heterocycles. The zero-order chi connectivity index (χ0) is 10.9. The molecular formula is C8H15N5O. The van der Waals surface area contributed by atoms with Crippen molar-refractivity contribution in [1.29, 1.82) is 0 Å². The van der Waals surface area contributed by atoms with Crippen LogP contribution in [0.3, 0.4) is 0 Å². The van der Waals surface area contributed by atoms with Crippen LogP contribution in [-0.4, -0.2) is 21.3 Å². The lowest BCUT2D eigenvalue weighted by molar-refractivity contribution is 0.497. The second-order valence-electron chi connectivity index (χ2n) is 3.86. The number of hydrogen-bond acceptors (Lipinski definition) is 5. The van der Waals surface area contributed by atoms with Gasteiger partial charge in [-0.3, -0.25) is 9.36 Å². The maximum absolute atomic E-state index is 11.7. The summed E-state index contributed by atoms with van der Waals surface area (Å²) in [4.78, 5) is 11.7. The van der Waals surface area contributed by atoms with Crippen LogP contribution in [0.2, 0.25) is 0 Å². The first-order valence-electron chi connectivity index (χ1n) is 4.30. The highest BCUT2D eigenvalue weighted by Crippen LogP contribution is 2.15. The summed E-state index contributed by atoms with van der Waals surface area (Å²) in [5.41, 5.74) is 10.6. The maximum atomic E-state index is 11.7. The number of nitrogen functional groups attached to an aromatic ring is 1. The van der Waals surface area contributed by atoms with Gasteiger partial charge in [0.05, 0.1) is 0 Å². The van der Waals surface area contributed by atoms with Crippen LogP contribution in [0.5, 0.6) is 0 Å². The minimum Gasteiger partial charge on any atom is -0.368 e. The third kappa shape index (κ3) is 1.60. The van der Waals surface area contributed by atoms with Gasteiger partial charge < -0.3 is 11.5 Å². The standard InChI is InChI=1S/C8H15N5O/c1-8(2,4-9)5-6(14)13(3)7(10)12-11-5/h4,9H2,1-3H3,(H2,10,12). The van der Waals surface area contributed by atoms with E-state index in [1.54, 1.807) is 7.05 Å². The Balaban J connectivity index is 3.39. The zero-order valence-corrected chi connectivity index (χ0v) is 8.61. The molecule has 0 unspecified atom stereocenters. The predicted molar refractivity (Wildman–Crippen MR) is 53.8 cm³/mol. The van der Waals surface area contributed by atoms with Gasteiger partial charge in [-0.25, -0.2) is 0 Å². The van der Waals surface area contributed by atoms with Crippen LogP contribution in [0, 0.1) is 0 Å². The lowest BCUT2D eigenvalue weighted by atomic mass is 9.90. The van der Waals surface area contributed by atoms with Crippen molar-refractivity contribution in [3.63, 3.8) is 0 Å². The second kappa shape index (κ2) is 3.38. The van der Waals surface area contributed by atoms with E-state index in [0.29, 0.717) is 12.2 Å². The van der Waals surface area contributed by atoms with Crippen LogP contribution in [-0.2, 0) is 12.5 Å². The summed E-state index contributed by atoms with van der Waals surface area (Å²) >= 11 is 0. The average molecular weight is 197 g/mol. The van der Waals surface area contributed by atoms with Gasteiger partial charge in [-0.1, -0.05) is 13.8 Å². The lowest BCUT2D eigenvalue weighted by Crippen LogP contribution is -2.39. The molecular weight excluding hydrogens is 182 g/mol. The van der Waals surface area contributed by atoms with E-state index in [2.05, 4.69) is 10.2 Å². The molecule has 1 aromatic rings. The predicted octanol–water partition coefficient (Wildman–Crippen LogP) is -1.01. The molecule has 0 aliphatic carbocycles. The highest BCUT2D eigenvalue weighted by atomic mass is 16.1. The molecule has 0 fully saturated rings. The van der Waals surface area contributed by atoms with Gasteiger partial charge in [0.2, 0.25) is 5.95 Å². The van der Waals surface area contributed by atoms with E-state index < -0.39 is 5.41 Å². The quantitative estimate of drug-likeness (QED) is 0.633. The first-order chi connectivity index (χ1) is 6.40. The minimum absolute atomic E-state index is 0.103. The Morgan fingerprint density at radius 1 is 1.43 bits per heavy atom. The van der Waals surface area contributed by atoms with Gasteiger partial charge in [0.25, 0.3) is 5.56 Å². The van der Waals surface area contributed by atoms with E-state index in [-0.39, 0.29) is 11.5 Å². The van der Waals surface area contributed by atoms with Crippen molar-refractivity contribution in [2.24, 2.45) is 12.8 Å². The van der Waals surface area contributed by atoms with Gasteiger partial charge in [-0.15, -0.1) is 10.2 Å². The molecule has 0 aliphatic heterocycles. The summed E-state index contributed by atoms with van der Waals surface area (Å²) in [5, 5.41) is 7.48. The normalized spacial score (nSPS) is 11.7. The van der Waals surface area contributed by atoms with E-state index in [1.807, 2.05) is 13.8 Å². The smallest absolute Gasteiger partial charge is 0.277 e. The summed E-state index contributed by atoms with van der Waals surface area (Å²) in [6.07, 6.45) is 0. The second-order valence-corrected chi connectivity index (χ2v) is 3.86. The molecule has 14 heavy (non-hydrogen) atoms. The summed E-state index contributed by atoms with van der Waals surface area (Å²) in [5.74, 6) is 0.103. The average Bonchev–Trinajstić information content (AvgIpc) is 2.14. The molecule has 4 N–H and O–H groups in total. The van der Waals surface area contributed by atoms with Crippen molar-refractivity contribution in [3.05, 3.63) is 16.0 Å². The minimum atomic E-state index is -0.477. The number of nitrogens with two attached hydrogens (primary N) is 2. The van der Waals surface area contributed by atoms with Gasteiger partial charge in [0, 0.05) is 19.0 Å². The van der Waals surface area contributed by atoms with E-state index in [4.69, 9.17) is 11.5 Å². The van der Waals surface area contributed by atoms with Crippen molar-refractivity contribution >= 4 is 5.95 Å². The Bertz CT molecular complexity index is 395. The van der Waals surface area contributed by atoms with Crippen molar-refractivity contribution in [2.75, 3.05) is 12.3 Å². The van der Waals surface area contributed by atoms with Gasteiger partial charge in [-0.2, -0.15) is 0 Å². The molecule has 1 heterocycles. The Labute approximate surface area is 81.9 Å². The van der Waals surface area contributed by atoms with Crippen LogP contribution in [0.15, 0.2) is 4.79 Å². The molecule has 0 amide bonds. The lowest BCUT2D eigenvalue weighted by Gasteiger charge is -2.20. The maximum Gasteiger partial charge on any atom is 0.277 e. The number of anilines is 1.